The lowest BCUT2D eigenvalue weighted by molar-refractivity contribution is 0.471. The molecule has 0 aliphatic heterocycles. The van der Waals surface area contributed by atoms with Gasteiger partial charge in [0, 0.05) is 18.1 Å². The molecule has 1 rings (SSSR count). The maximum Gasteiger partial charge on any atom is 0.418 e. The van der Waals surface area contributed by atoms with E-state index in [1.807, 2.05) is 0 Å². The van der Waals surface area contributed by atoms with E-state index in [1.54, 1.807) is 10.8 Å². The largest absolute Gasteiger partial charge is 0.418 e. The van der Waals surface area contributed by atoms with Crippen LogP contribution in [0.25, 0.3) is 0 Å². The van der Waals surface area contributed by atoms with Crippen molar-refractivity contribution in [3.63, 3.8) is 0 Å². The standard InChI is InChI=1S/C7H10BrNO2/c8-3-1-2-4-9-5-6-11-7(9)10/h5-6H,1-4H2. The minimum Gasteiger partial charge on any atom is -0.416 e. The molecule has 0 atom stereocenters. The van der Waals surface area contributed by atoms with Gasteiger partial charge in [0.15, 0.2) is 0 Å². The van der Waals surface area contributed by atoms with Gasteiger partial charge >= 0.3 is 5.76 Å². The van der Waals surface area contributed by atoms with Crippen molar-refractivity contribution < 1.29 is 4.42 Å². The molecule has 1 aromatic rings. The number of unbranched alkanes of at least 4 members (excludes halogenated alkanes) is 1. The van der Waals surface area contributed by atoms with Crippen molar-refractivity contribution in [2.75, 3.05) is 5.33 Å². The van der Waals surface area contributed by atoms with Crippen molar-refractivity contribution >= 4 is 15.9 Å². The summed E-state index contributed by atoms with van der Waals surface area (Å²) in [5, 5.41) is 0.986. The highest BCUT2D eigenvalue weighted by molar-refractivity contribution is 9.09. The number of nitrogens with zero attached hydrogens (tertiary/aromatic N) is 1. The van der Waals surface area contributed by atoms with E-state index in [4.69, 9.17) is 0 Å². The summed E-state index contributed by atoms with van der Waals surface area (Å²) in [4.78, 5) is 10.8. The molecule has 0 saturated heterocycles. The normalized spacial score (nSPS) is 10.3. The first-order chi connectivity index (χ1) is 5.34. The summed E-state index contributed by atoms with van der Waals surface area (Å²) >= 11 is 3.32. The van der Waals surface area contributed by atoms with E-state index >= 15 is 0 Å². The Labute approximate surface area is 73.1 Å². The van der Waals surface area contributed by atoms with Crippen LogP contribution in [0.15, 0.2) is 21.7 Å². The van der Waals surface area contributed by atoms with E-state index in [0.29, 0.717) is 0 Å². The van der Waals surface area contributed by atoms with Gasteiger partial charge in [0.2, 0.25) is 0 Å². The molecule has 0 unspecified atom stereocenters. The molecule has 0 bridgehead atoms. The average molecular weight is 220 g/mol. The predicted molar refractivity (Wildman–Crippen MR) is 46.0 cm³/mol. The first-order valence-electron chi connectivity index (χ1n) is 3.54. The third kappa shape index (κ3) is 2.54. The maximum atomic E-state index is 10.8. The number of aryl methyl sites for hydroxylation is 1. The van der Waals surface area contributed by atoms with Gasteiger partial charge in [-0.2, -0.15) is 0 Å². The molecule has 62 valence electrons. The fraction of sp³-hybridized carbons (Fsp3) is 0.571. The quantitative estimate of drug-likeness (QED) is 0.570. The number of hydrogen-bond acceptors (Lipinski definition) is 2. The molecule has 3 nitrogen and oxygen atoms in total. The Balaban J connectivity index is 2.39. The van der Waals surface area contributed by atoms with Gasteiger partial charge in [-0.15, -0.1) is 0 Å². The Morgan fingerprint density at radius 1 is 1.55 bits per heavy atom. The van der Waals surface area contributed by atoms with E-state index in [9.17, 15) is 4.79 Å². The van der Waals surface area contributed by atoms with E-state index < -0.39 is 0 Å². The van der Waals surface area contributed by atoms with Crippen LogP contribution in [-0.4, -0.2) is 9.90 Å². The number of halogens is 1. The monoisotopic (exact) mass is 219 g/mol. The first-order valence-corrected chi connectivity index (χ1v) is 4.66. The van der Waals surface area contributed by atoms with Crippen LogP contribution in [0, 0.1) is 0 Å². The fourth-order valence-electron chi connectivity index (χ4n) is 0.833. The fourth-order valence-corrected chi connectivity index (χ4v) is 1.23. The minimum absolute atomic E-state index is 0.264. The highest BCUT2D eigenvalue weighted by atomic mass is 79.9. The van der Waals surface area contributed by atoms with Crippen LogP contribution in [0.2, 0.25) is 0 Å². The highest BCUT2D eigenvalue weighted by Crippen LogP contribution is 1.95. The molecule has 0 N–H and O–H groups in total. The van der Waals surface area contributed by atoms with Crippen molar-refractivity contribution in [2.24, 2.45) is 0 Å². The summed E-state index contributed by atoms with van der Waals surface area (Å²) < 4.78 is 6.16. The van der Waals surface area contributed by atoms with Crippen LogP contribution in [-0.2, 0) is 6.54 Å². The number of oxazole rings is 1. The Bertz CT molecular complexity index is 253. The molecule has 4 heteroatoms. The molecule has 11 heavy (non-hydrogen) atoms. The number of hydrogen-bond donors (Lipinski definition) is 0. The SMILES string of the molecule is O=c1occn1CCCCBr. The van der Waals surface area contributed by atoms with Crippen LogP contribution in [0.4, 0.5) is 0 Å². The van der Waals surface area contributed by atoms with Crippen molar-refractivity contribution in [3.05, 3.63) is 23.0 Å². The second-order valence-corrected chi connectivity index (χ2v) is 3.05. The Kier molecular flexibility index (Phi) is 3.42. The topological polar surface area (TPSA) is 35.1 Å². The lowest BCUT2D eigenvalue weighted by atomic mass is 10.3. The molecule has 0 fully saturated rings. The second-order valence-electron chi connectivity index (χ2n) is 2.26. The van der Waals surface area contributed by atoms with Gasteiger partial charge in [-0.1, -0.05) is 15.9 Å². The molecule has 0 aromatic carbocycles. The van der Waals surface area contributed by atoms with Crippen LogP contribution >= 0.6 is 15.9 Å². The molecule has 0 aliphatic carbocycles. The van der Waals surface area contributed by atoms with Crippen molar-refractivity contribution in [1.82, 2.24) is 4.57 Å². The van der Waals surface area contributed by atoms with Gasteiger partial charge in [-0.05, 0) is 12.8 Å². The summed E-state index contributed by atoms with van der Waals surface area (Å²) in [7, 11) is 0. The molecular weight excluding hydrogens is 210 g/mol. The Morgan fingerprint density at radius 3 is 2.91 bits per heavy atom. The first kappa shape index (κ1) is 8.59. The highest BCUT2D eigenvalue weighted by Gasteiger charge is 1.95. The van der Waals surface area contributed by atoms with E-state index in [1.165, 1.54) is 6.26 Å². The molecule has 0 spiro atoms. The summed E-state index contributed by atoms with van der Waals surface area (Å²) in [6.45, 7) is 0.751. The summed E-state index contributed by atoms with van der Waals surface area (Å²) in [6, 6.07) is 0. The van der Waals surface area contributed by atoms with Crippen molar-refractivity contribution in [2.45, 2.75) is 19.4 Å². The van der Waals surface area contributed by atoms with Gasteiger partial charge in [-0.25, -0.2) is 4.79 Å². The van der Waals surface area contributed by atoms with Crippen LogP contribution < -0.4 is 5.76 Å². The number of aromatic nitrogens is 1. The third-order valence-corrected chi connectivity index (χ3v) is 1.99. The summed E-state index contributed by atoms with van der Waals surface area (Å²) in [5.41, 5.74) is 0. The molecule has 0 amide bonds. The summed E-state index contributed by atoms with van der Waals surface area (Å²) in [6.07, 6.45) is 5.16. The Hall–Kier alpha value is -0.510. The van der Waals surface area contributed by atoms with Gasteiger partial charge in [0.05, 0.1) is 0 Å². The number of rotatable bonds is 4. The Morgan fingerprint density at radius 2 is 2.36 bits per heavy atom. The van der Waals surface area contributed by atoms with Gasteiger partial charge in [0.1, 0.15) is 6.26 Å². The minimum atomic E-state index is -0.264. The van der Waals surface area contributed by atoms with Crippen LogP contribution in [0.5, 0.6) is 0 Å². The molecule has 0 radical (unpaired) electrons. The van der Waals surface area contributed by atoms with Gasteiger partial charge in [-0.3, -0.25) is 4.57 Å². The summed E-state index contributed by atoms with van der Waals surface area (Å²) in [5.74, 6) is -0.264. The maximum absolute atomic E-state index is 10.8. The lowest BCUT2D eigenvalue weighted by Crippen LogP contribution is -2.13. The second kappa shape index (κ2) is 4.38. The van der Waals surface area contributed by atoms with Crippen LogP contribution in [0.3, 0.4) is 0 Å². The van der Waals surface area contributed by atoms with Gasteiger partial charge in [0.25, 0.3) is 0 Å². The zero-order valence-corrected chi connectivity index (χ0v) is 7.71. The van der Waals surface area contributed by atoms with Crippen LogP contribution in [0.1, 0.15) is 12.8 Å². The average Bonchev–Trinajstić information content (AvgIpc) is 2.37. The lowest BCUT2D eigenvalue weighted by Gasteiger charge is -1.96. The van der Waals surface area contributed by atoms with Crippen molar-refractivity contribution in [1.29, 1.82) is 0 Å². The van der Waals surface area contributed by atoms with E-state index in [2.05, 4.69) is 20.3 Å². The molecule has 1 heterocycles. The van der Waals surface area contributed by atoms with E-state index in [0.717, 1.165) is 24.7 Å². The molecule has 1 aromatic heterocycles. The van der Waals surface area contributed by atoms with E-state index in [-0.39, 0.29) is 5.76 Å². The zero-order chi connectivity index (χ0) is 8.10. The molecule has 0 aliphatic rings. The number of alkyl halides is 1. The zero-order valence-electron chi connectivity index (χ0n) is 6.12. The molecule has 0 saturated carbocycles. The molecular formula is C7H10BrNO2. The van der Waals surface area contributed by atoms with Gasteiger partial charge < -0.3 is 4.42 Å². The predicted octanol–water partition coefficient (Wildman–Crippen LogP) is 1.62. The smallest absolute Gasteiger partial charge is 0.416 e. The van der Waals surface area contributed by atoms with Crippen molar-refractivity contribution in [3.8, 4) is 0 Å². The third-order valence-electron chi connectivity index (χ3n) is 1.43.